The SMILES string of the molecule is C/C(=C\C(=O)c1ccccc1)NC(Cc1ccc(OCCOc2ccc(/C=C/c3ccc(Cl)cc3)cc2)cc1)C(=O)O. The van der Waals surface area contributed by atoms with E-state index in [0.29, 0.717) is 35.2 Å². The first-order chi connectivity index (χ1) is 20.4. The number of carbonyl (C=O) groups is 2. The minimum Gasteiger partial charge on any atom is -0.490 e. The lowest BCUT2D eigenvalue weighted by atomic mass is 10.1. The molecule has 0 spiro atoms. The van der Waals surface area contributed by atoms with E-state index in [-0.39, 0.29) is 12.2 Å². The van der Waals surface area contributed by atoms with Crippen molar-refractivity contribution in [2.24, 2.45) is 0 Å². The number of aliphatic carboxylic acids is 1. The van der Waals surface area contributed by atoms with Gasteiger partial charge in [-0.2, -0.15) is 0 Å². The van der Waals surface area contributed by atoms with E-state index in [2.05, 4.69) is 5.32 Å². The molecule has 7 heteroatoms. The third-order valence-electron chi connectivity index (χ3n) is 6.31. The predicted octanol–water partition coefficient (Wildman–Crippen LogP) is 7.34. The van der Waals surface area contributed by atoms with E-state index < -0.39 is 12.0 Å². The molecule has 4 aromatic carbocycles. The second-order valence-corrected chi connectivity index (χ2v) is 10.0. The molecule has 0 saturated carbocycles. The molecule has 0 aliphatic heterocycles. The molecule has 0 heterocycles. The largest absolute Gasteiger partial charge is 0.490 e. The molecule has 0 aromatic heterocycles. The zero-order valence-corrected chi connectivity index (χ0v) is 24.0. The Bertz CT molecular complexity index is 1510. The summed E-state index contributed by atoms with van der Waals surface area (Å²) in [5.74, 6) is 0.224. The smallest absolute Gasteiger partial charge is 0.326 e. The fourth-order valence-corrected chi connectivity index (χ4v) is 4.24. The molecule has 0 radical (unpaired) electrons. The molecule has 0 aliphatic carbocycles. The first kappa shape index (κ1) is 30.2. The average Bonchev–Trinajstić information content (AvgIpc) is 3.00. The molecular formula is C35H32ClNO5. The first-order valence-electron chi connectivity index (χ1n) is 13.5. The number of nitrogens with one attached hydrogen (secondary N) is 1. The molecule has 4 aromatic rings. The molecule has 4 rings (SSSR count). The molecule has 0 saturated heterocycles. The van der Waals surface area contributed by atoms with Crippen molar-refractivity contribution in [2.75, 3.05) is 13.2 Å². The Kier molecular flexibility index (Phi) is 11.0. The van der Waals surface area contributed by atoms with Crippen LogP contribution in [0, 0.1) is 0 Å². The van der Waals surface area contributed by atoms with Gasteiger partial charge in [0.1, 0.15) is 30.8 Å². The van der Waals surface area contributed by atoms with Crippen LogP contribution in [-0.2, 0) is 11.2 Å². The van der Waals surface area contributed by atoms with Crippen molar-refractivity contribution in [3.63, 3.8) is 0 Å². The number of carboxylic acids is 1. The van der Waals surface area contributed by atoms with Gasteiger partial charge in [-0.25, -0.2) is 4.79 Å². The standard InChI is InChI=1S/C35H32ClNO5/c1-25(23-34(38)29-5-3-2-4-6-29)37-33(35(39)40)24-28-13-19-32(20-14-28)42-22-21-41-31-17-11-27(12-18-31)8-7-26-9-15-30(36)16-10-26/h2-20,23,33,37H,21-22,24H2,1H3,(H,39,40)/b8-7+,25-23+. The molecule has 1 unspecified atom stereocenters. The van der Waals surface area contributed by atoms with Crippen LogP contribution in [0.5, 0.6) is 11.5 Å². The summed E-state index contributed by atoms with van der Waals surface area (Å²) in [5.41, 5.74) is 3.98. The maximum atomic E-state index is 12.4. The van der Waals surface area contributed by atoms with Crippen LogP contribution < -0.4 is 14.8 Å². The summed E-state index contributed by atoms with van der Waals surface area (Å²) in [4.78, 5) is 24.2. The van der Waals surface area contributed by atoms with Gasteiger partial charge in [0.15, 0.2) is 5.78 Å². The maximum Gasteiger partial charge on any atom is 0.326 e. The third-order valence-corrected chi connectivity index (χ3v) is 6.56. The molecule has 42 heavy (non-hydrogen) atoms. The van der Waals surface area contributed by atoms with Gasteiger partial charge in [0.25, 0.3) is 0 Å². The molecular weight excluding hydrogens is 550 g/mol. The van der Waals surface area contributed by atoms with E-state index in [0.717, 1.165) is 22.4 Å². The highest BCUT2D eigenvalue weighted by Gasteiger charge is 2.18. The van der Waals surface area contributed by atoms with E-state index >= 15 is 0 Å². The van der Waals surface area contributed by atoms with Crippen molar-refractivity contribution < 1.29 is 24.2 Å². The highest BCUT2D eigenvalue weighted by atomic mass is 35.5. The fraction of sp³-hybridized carbons (Fsp3) is 0.143. The van der Waals surface area contributed by atoms with Gasteiger partial charge >= 0.3 is 5.97 Å². The normalized spacial score (nSPS) is 12.1. The van der Waals surface area contributed by atoms with E-state index in [1.54, 1.807) is 43.3 Å². The first-order valence-corrected chi connectivity index (χ1v) is 13.9. The van der Waals surface area contributed by atoms with Crippen molar-refractivity contribution in [3.8, 4) is 11.5 Å². The van der Waals surface area contributed by atoms with Gasteiger partial charge in [-0.05, 0) is 60.0 Å². The van der Waals surface area contributed by atoms with Crippen molar-refractivity contribution in [1.82, 2.24) is 5.32 Å². The van der Waals surface area contributed by atoms with Crippen LogP contribution in [0.3, 0.4) is 0 Å². The summed E-state index contributed by atoms with van der Waals surface area (Å²) in [7, 11) is 0. The van der Waals surface area contributed by atoms with Crippen LogP contribution in [0.1, 0.15) is 34.0 Å². The minimum absolute atomic E-state index is 0.186. The van der Waals surface area contributed by atoms with E-state index in [1.165, 1.54) is 6.08 Å². The molecule has 1 atom stereocenters. The second-order valence-electron chi connectivity index (χ2n) is 9.59. The molecule has 0 amide bonds. The van der Waals surface area contributed by atoms with Gasteiger partial charge in [0, 0.05) is 28.8 Å². The van der Waals surface area contributed by atoms with Crippen molar-refractivity contribution in [2.45, 2.75) is 19.4 Å². The van der Waals surface area contributed by atoms with Gasteiger partial charge in [0.2, 0.25) is 0 Å². The predicted molar refractivity (Wildman–Crippen MR) is 167 cm³/mol. The van der Waals surface area contributed by atoms with E-state index in [4.69, 9.17) is 21.1 Å². The maximum absolute atomic E-state index is 12.4. The minimum atomic E-state index is -1.00. The Morgan fingerprint density at radius 2 is 1.31 bits per heavy atom. The molecule has 2 N–H and O–H groups in total. The molecule has 0 fully saturated rings. The zero-order chi connectivity index (χ0) is 29.7. The molecule has 6 nitrogen and oxygen atoms in total. The Labute approximate surface area is 250 Å². The number of hydrogen-bond acceptors (Lipinski definition) is 5. The topological polar surface area (TPSA) is 84.9 Å². The lowest BCUT2D eigenvalue weighted by Crippen LogP contribution is -2.37. The summed E-state index contributed by atoms with van der Waals surface area (Å²) < 4.78 is 11.6. The van der Waals surface area contributed by atoms with Crippen LogP contribution in [0.25, 0.3) is 12.2 Å². The van der Waals surface area contributed by atoms with Crippen LogP contribution in [0.15, 0.2) is 115 Å². The van der Waals surface area contributed by atoms with Gasteiger partial charge in [0.05, 0.1) is 0 Å². The highest BCUT2D eigenvalue weighted by molar-refractivity contribution is 6.30. The molecule has 214 valence electrons. The Hall–Kier alpha value is -4.81. The van der Waals surface area contributed by atoms with Gasteiger partial charge in [-0.3, -0.25) is 4.79 Å². The summed E-state index contributed by atoms with van der Waals surface area (Å²) in [6, 6.07) is 30.7. The number of allylic oxidation sites excluding steroid dienone is 2. The lowest BCUT2D eigenvalue weighted by molar-refractivity contribution is -0.139. The van der Waals surface area contributed by atoms with E-state index in [1.807, 2.05) is 78.9 Å². The summed E-state index contributed by atoms with van der Waals surface area (Å²) in [6.45, 7) is 2.42. The third kappa shape index (κ3) is 9.68. The summed E-state index contributed by atoms with van der Waals surface area (Å²) >= 11 is 5.93. The number of rotatable bonds is 14. The van der Waals surface area contributed by atoms with Crippen molar-refractivity contribution in [3.05, 3.63) is 142 Å². The number of ketones is 1. The number of carboxylic acid groups (broad SMARTS) is 1. The van der Waals surface area contributed by atoms with Crippen molar-refractivity contribution >= 4 is 35.5 Å². The van der Waals surface area contributed by atoms with Gasteiger partial charge in [-0.15, -0.1) is 0 Å². The number of halogens is 1. The van der Waals surface area contributed by atoms with Crippen LogP contribution in [0.2, 0.25) is 5.02 Å². The average molecular weight is 582 g/mol. The van der Waals surface area contributed by atoms with Crippen LogP contribution in [0.4, 0.5) is 0 Å². The Morgan fingerprint density at radius 3 is 1.86 bits per heavy atom. The number of ether oxygens (including phenoxy) is 2. The molecule has 0 bridgehead atoms. The second kappa shape index (κ2) is 15.3. The lowest BCUT2D eigenvalue weighted by Gasteiger charge is -2.16. The monoisotopic (exact) mass is 581 g/mol. The fourth-order valence-electron chi connectivity index (χ4n) is 4.12. The van der Waals surface area contributed by atoms with Gasteiger partial charge in [-0.1, -0.05) is 90.5 Å². The number of hydrogen-bond donors (Lipinski definition) is 2. The zero-order valence-electron chi connectivity index (χ0n) is 23.2. The van der Waals surface area contributed by atoms with E-state index in [9.17, 15) is 14.7 Å². The quantitative estimate of drug-likeness (QED) is 0.0701. The van der Waals surface area contributed by atoms with Crippen LogP contribution in [-0.4, -0.2) is 36.1 Å². The summed E-state index contributed by atoms with van der Waals surface area (Å²) in [5, 5.41) is 13.4. The van der Waals surface area contributed by atoms with Crippen molar-refractivity contribution in [1.29, 1.82) is 0 Å². The Morgan fingerprint density at radius 1 is 0.786 bits per heavy atom. The Balaban J connectivity index is 1.21. The highest BCUT2D eigenvalue weighted by Crippen LogP contribution is 2.17. The van der Waals surface area contributed by atoms with Gasteiger partial charge < -0.3 is 19.9 Å². The molecule has 0 aliphatic rings. The number of benzene rings is 4. The number of carbonyl (C=O) groups excluding carboxylic acids is 1. The summed E-state index contributed by atoms with van der Waals surface area (Å²) in [6.07, 6.45) is 5.71. The van der Waals surface area contributed by atoms with Crippen LogP contribution >= 0.6 is 11.6 Å².